The van der Waals surface area contributed by atoms with Gasteiger partial charge >= 0.3 is 0 Å². The van der Waals surface area contributed by atoms with E-state index in [1.165, 1.54) is 23.5 Å². The first kappa shape index (κ1) is 24.0. The van der Waals surface area contributed by atoms with Crippen LogP contribution in [0.25, 0.3) is 5.69 Å². The lowest BCUT2D eigenvalue weighted by molar-refractivity contribution is 0.414. The van der Waals surface area contributed by atoms with Gasteiger partial charge in [-0.05, 0) is 50.2 Å². The Balaban J connectivity index is 1.79. The minimum absolute atomic E-state index is 0.000529. The molecule has 0 unspecified atom stereocenters. The van der Waals surface area contributed by atoms with Crippen LogP contribution < -0.4 is 14.8 Å². The van der Waals surface area contributed by atoms with Crippen molar-refractivity contribution in [1.82, 2.24) is 9.78 Å². The number of aryl methyl sites for hydroxylation is 1. The van der Waals surface area contributed by atoms with E-state index in [0.717, 1.165) is 5.69 Å². The van der Waals surface area contributed by atoms with Gasteiger partial charge in [0.05, 0.1) is 24.2 Å². The van der Waals surface area contributed by atoms with Crippen molar-refractivity contribution < 1.29 is 13.2 Å². The third-order valence-electron chi connectivity index (χ3n) is 5.39. The minimum atomic E-state index is -3.95. The second-order valence-electron chi connectivity index (χ2n) is 7.61. The lowest BCUT2D eigenvalue weighted by atomic mass is 10.3. The summed E-state index contributed by atoms with van der Waals surface area (Å²) >= 11 is 0. The van der Waals surface area contributed by atoms with E-state index < -0.39 is 10.0 Å². The number of anilines is 2. The van der Waals surface area contributed by atoms with Crippen LogP contribution in [0.1, 0.15) is 12.6 Å². The van der Waals surface area contributed by atoms with Crippen LogP contribution in [-0.2, 0) is 10.0 Å². The van der Waals surface area contributed by atoms with E-state index in [0.29, 0.717) is 28.6 Å². The number of methoxy groups -OCH3 is 1. The Morgan fingerprint density at radius 2 is 1.66 bits per heavy atom. The highest BCUT2D eigenvalue weighted by Gasteiger charge is 2.27. The number of benzene rings is 3. The number of para-hydroxylation sites is 2. The van der Waals surface area contributed by atoms with Crippen LogP contribution in [0, 0.1) is 6.92 Å². The number of ether oxygens (including phenoxy) is 1. The van der Waals surface area contributed by atoms with E-state index in [9.17, 15) is 8.42 Å². The molecule has 2 N–H and O–H groups in total. The number of nitrogens with two attached hydrogens (primary N) is 1. The molecule has 0 radical (unpaired) electrons. The van der Waals surface area contributed by atoms with Crippen molar-refractivity contribution in [1.29, 1.82) is 0 Å². The first-order chi connectivity index (χ1) is 16.9. The SMILES string of the molecule is CCN(c1ccccc1)S(=O)(=O)c1ccc(OC)cc1/N=N/c1c(C)nn(-c2ccccc2)c1N. The molecule has 35 heavy (non-hydrogen) atoms. The normalized spacial score (nSPS) is 11.6. The second-order valence-corrected chi connectivity index (χ2v) is 9.44. The summed E-state index contributed by atoms with van der Waals surface area (Å²) in [6.07, 6.45) is 0. The number of nitrogen functional groups attached to an aromatic ring is 1. The summed E-state index contributed by atoms with van der Waals surface area (Å²) in [5.41, 5.74) is 8.70. The summed E-state index contributed by atoms with van der Waals surface area (Å²) in [6, 6.07) is 22.9. The van der Waals surface area contributed by atoms with E-state index in [4.69, 9.17) is 10.5 Å². The fourth-order valence-electron chi connectivity index (χ4n) is 3.66. The van der Waals surface area contributed by atoms with Crippen molar-refractivity contribution in [2.45, 2.75) is 18.7 Å². The Morgan fingerprint density at radius 3 is 2.29 bits per heavy atom. The molecule has 9 nitrogen and oxygen atoms in total. The molecular formula is C25H26N6O3S. The summed E-state index contributed by atoms with van der Waals surface area (Å²) in [4.78, 5) is -0.000529. The van der Waals surface area contributed by atoms with Crippen molar-refractivity contribution in [3.05, 3.63) is 84.6 Å². The lowest BCUT2D eigenvalue weighted by Crippen LogP contribution is -2.30. The smallest absolute Gasteiger partial charge is 0.266 e. The van der Waals surface area contributed by atoms with Crippen LogP contribution in [0.4, 0.5) is 22.9 Å². The van der Waals surface area contributed by atoms with Crippen LogP contribution in [0.2, 0.25) is 0 Å². The highest BCUT2D eigenvalue weighted by Crippen LogP contribution is 2.36. The van der Waals surface area contributed by atoms with Gasteiger partial charge in [-0.1, -0.05) is 36.4 Å². The van der Waals surface area contributed by atoms with E-state index in [1.54, 1.807) is 48.9 Å². The standard InChI is InChI=1S/C25H26N6O3S/c1-4-30(19-11-7-5-8-12-19)35(32,33)23-16-15-21(34-3)17-22(23)27-28-24-18(2)29-31(25(24)26)20-13-9-6-10-14-20/h5-17H,4,26H2,1-3H3/b28-27+. The number of aromatic nitrogens is 2. The van der Waals surface area contributed by atoms with Gasteiger partial charge < -0.3 is 10.5 Å². The van der Waals surface area contributed by atoms with Gasteiger partial charge in [0.25, 0.3) is 10.0 Å². The number of rotatable bonds is 8. The fraction of sp³-hybridized carbons (Fsp3) is 0.160. The van der Waals surface area contributed by atoms with Crippen molar-refractivity contribution in [2.24, 2.45) is 10.2 Å². The molecule has 1 aromatic heterocycles. The van der Waals surface area contributed by atoms with Crippen molar-refractivity contribution in [3.8, 4) is 11.4 Å². The minimum Gasteiger partial charge on any atom is -0.497 e. The maximum atomic E-state index is 13.7. The average molecular weight is 491 g/mol. The van der Waals surface area contributed by atoms with Crippen LogP contribution in [0.3, 0.4) is 0 Å². The van der Waals surface area contributed by atoms with Crippen molar-refractivity contribution >= 4 is 32.9 Å². The van der Waals surface area contributed by atoms with Gasteiger partial charge in [0, 0.05) is 12.6 Å². The predicted molar refractivity (Wildman–Crippen MR) is 137 cm³/mol. The summed E-state index contributed by atoms with van der Waals surface area (Å²) in [6.45, 7) is 3.78. The molecule has 0 bridgehead atoms. The molecule has 0 amide bonds. The highest BCUT2D eigenvalue weighted by atomic mass is 32.2. The molecule has 3 aromatic carbocycles. The molecule has 0 fully saturated rings. The number of sulfonamides is 1. The van der Waals surface area contributed by atoms with Crippen LogP contribution in [-0.4, -0.2) is 31.9 Å². The quantitative estimate of drug-likeness (QED) is 0.332. The van der Waals surface area contributed by atoms with E-state index >= 15 is 0 Å². The molecule has 0 aliphatic heterocycles. The summed E-state index contributed by atoms with van der Waals surface area (Å²) in [7, 11) is -2.45. The van der Waals surface area contributed by atoms with Gasteiger partial charge in [0.1, 0.15) is 16.3 Å². The number of hydrogen-bond donors (Lipinski definition) is 1. The molecule has 0 spiro atoms. The second kappa shape index (κ2) is 9.98. The zero-order chi connectivity index (χ0) is 25.0. The Labute approximate surface area is 204 Å². The van der Waals surface area contributed by atoms with Crippen molar-refractivity contribution in [2.75, 3.05) is 23.7 Å². The van der Waals surface area contributed by atoms with E-state index in [-0.39, 0.29) is 17.1 Å². The molecular weight excluding hydrogens is 464 g/mol. The maximum absolute atomic E-state index is 13.7. The lowest BCUT2D eigenvalue weighted by Gasteiger charge is -2.23. The number of nitrogens with zero attached hydrogens (tertiary/aromatic N) is 5. The molecule has 10 heteroatoms. The number of azo groups is 1. The van der Waals surface area contributed by atoms with Crippen LogP contribution in [0.5, 0.6) is 5.75 Å². The monoisotopic (exact) mass is 490 g/mol. The Kier molecular flexibility index (Phi) is 6.83. The fourth-order valence-corrected chi connectivity index (χ4v) is 5.24. The number of hydrogen-bond acceptors (Lipinski definition) is 7. The Morgan fingerprint density at radius 1 is 1.00 bits per heavy atom. The zero-order valence-corrected chi connectivity index (χ0v) is 20.5. The largest absolute Gasteiger partial charge is 0.497 e. The Hall–Kier alpha value is -4.18. The summed E-state index contributed by atoms with van der Waals surface area (Å²) < 4.78 is 35.5. The van der Waals surface area contributed by atoms with E-state index in [1.807, 2.05) is 36.4 Å². The van der Waals surface area contributed by atoms with Gasteiger partial charge in [-0.2, -0.15) is 5.10 Å². The van der Waals surface area contributed by atoms with Gasteiger partial charge in [-0.15, -0.1) is 10.2 Å². The molecule has 4 rings (SSSR count). The van der Waals surface area contributed by atoms with Crippen molar-refractivity contribution in [3.63, 3.8) is 0 Å². The van der Waals surface area contributed by atoms with Crippen LogP contribution in [0.15, 0.2) is 94.0 Å². The molecule has 0 saturated carbocycles. The molecule has 180 valence electrons. The highest BCUT2D eigenvalue weighted by molar-refractivity contribution is 7.93. The maximum Gasteiger partial charge on any atom is 0.266 e. The molecule has 4 aromatic rings. The predicted octanol–water partition coefficient (Wildman–Crippen LogP) is 5.40. The first-order valence-electron chi connectivity index (χ1n) is 10.9. The van der Waals surface area contributed by atoms with Gasteiger partial charge in [0.2, 0.25) is 0 Å². The topological polar surface area (TPSA) is 115 Å². The molecule has 1 heterocycles. The Bertz CT molecular complexity index is 1450. The molecule has 0 saturated heterocycles. The van der Waals surface area contributed by atoms with Gasteiger partial charge in [0.15, 0.2) is 11.5 Å². The van der Waals surface area contributed by atoms with Crippen LogP contribution >= 0.6 is 0 Å². The van der Waals surface area contributed by atoms with Gasteiger partial charge in [-0.3, -0.25) is 4.31 Å². The molecule has 0 aliphatic rings. The third kappa shape index (κ3) is 4.73. The average Bonchev–Trinajstić information content (AvgIpc) is 3.16. The van der Waals surface area contributed by atoms with E-state index in [2.05, 4.69) is 15.3 Å². The summed E-state index contributed by atoms with van der Waals surface area (Å²) in [5, 5.41) is 13.1. The zero-order valence-electron chi connectivity index (χ0n) is 19.7. The first-order valence-corrected chi connectivity index (χ1v) is 12.4. The third-order valence-corrected chi connectivity index (χ3v) is 7.34. The van der Waals surface area contributed by atoms with Gasteiger partial charge in [-0.25, -0.2) is 13.1 Å². The molecule has 0 aliphatic carbocycles. The molecule has 0 atom stereocenters. The summed E-state index contributed by atoms with van der Waals surface area (Å²) in [5.74, 6) is 0.745.